The molecule has 0 nitrogen and oxygen atoms in total. The Kier molecular flexibility index (Phi) is 3.84. The van der Waals surface area contributed by atoms with Crippen LogP contribution in [-0.2, 0) is 0 Å². The summed E-state index contributed by atoms with van der Waals surface area (Å²) >= 11 is 0. The zero-order valence-corrected chi connectivity index (χ0v) is 8.77. The Morgan fingerprint density at radius 2 is 2.17 bits per heavy atom. The first-order valence-corrected chi connectivity index (χ1v) is 5.48. The van der Waals surface area contributed by atoms with E-state index in [4.69, 9.17) is 0 Å². The van der Waals surface area contributed by atoms with Crippen LogP contribution in [0.4, 0.5) is 0 Å². The number of allylic oxidation sites excluding steroid dienone is 2. The molecule has 2 unspecified atom stereocenters. The maximum atomic E-state index is 2.49. The van der Waals surface area contributed by atoms with E-state index in [2.05, 4.69) is 26.8 Å². The van der Waals surface area contributed by atoms with Gasteiger partial charge in [-0.25, -0.2) is 0 Å². The van der Waals surface area contributed by atoms with Gasteiger partial charge in [0.25, 0.3) is 0 Å². The van der Waals surface area contributed by atoms with Crippen molar-refractivity contribution in [1.29, 1.82) is 0 Å². The summed E-state index contributed by atoms with van der Waals surface area (Å²) in [6.07, 6.45) is 9.24. The first-order chi connectivity index (χ1) is 5.79. The molecule has 0 aromatic rings. The SMILES string of the molecule is CCCC1C(CC)=CCCC1C. The minimum Gasteiger partial charge on any atom is -0.0850 e. The average Bonchev–Trinajstić information content (AvgIpc) is 2.09. The van der Waals surface area contributed by atoms with Crippen LogP contribution < -0.4 is 0 Å². The summed E-state index contributed by atoms with van der Waals surface area (Å²) in [5.41, 5.74) is 1.73. The summed E-state index contributed by atoms with van der Waals surface area (Å²) in [7, 11) is 0. The van der Waals surface area contributed by atoms with Gasteiger partial charge in [0, 0.05) is 0 Å². The summed E-state index contributed by atoms with van der Waals surface area (Å²) in [6, 6.07) is 0. The van der Waals surface area contributed by atoms with Gasteiger partial charge in [-0.3, -0.25) is 0 Å². The van der Waals surface area contributed by atoms with Crippen molar-refractivity contribution in [3.8, 4) is 0 Å². The van der Waals surface area contributed by atoms with Gasteiger partial charge in [0.15, 0.2) is 0 Å². The highest BCUT2D eigenvalue weighted by atomic mass is 14.3. The van der Waals surface area contributed by atoms with E-state index in [9.17, 15) is 0 Å². The zero-order valence-electron chi connectivity index (χ0n) is 8.77. The van der Waals surface area contributed by atoms with Gasteiger partial charge < -0.3 is 0 Å². The molecule has 0 saturated carbocycles. The van der Waals surface area contributed by atoms with Gasteiger partial charge in [0.1, 0.15) is 0 Å². The smallest absolute Gasteiger partial charge is 0.0178 e. The van der Waals surface area contributed by atoms with E-state index >= 15 is 0 Å². The van der Waals surface area contributed by atoms with Crippen LogP contribution in [0, 0.1) is 11.8 Å². The van der Waals surface area contributed by atoms with Gasteiger partial charge in [-0.2, -0.15) is 0 Å². The fourth-order valence-corrected chi connectivity index (χ4v) is 2.44. The van der Waals surface area contributed by atoms with E-state index in [0.29, 0.717) is 0 Å². The molecule has 0 aliphatic heterocycles. The van der Waals surface area contributed by atoms with Crippen LogP contribution in [0.5, 0.6) is 0 Å². The Bertz CT molecular complexity index is 155. The Morgan fingerprint density at radius 3 is 2.75 bits per heavy atom. The van der Waals surface area contributed by atoms with Crippen molar-refractivity contribution in [2.24, 2.45) is 11.8 Å². The molecule has 0 spiro atoms. The Hall–Kier alpha value is -0.260. The van der Waals surface area contributed by atoms with Crippen LogP contribution in [0.3, 0.4) is 0 Å². The summed E-state index contributed by atoms with van der Waals surface area (Å²) in [4.78, 5) is 0. The third-order valence-electron chi connectivity index (χ3n) is 3.20. The van der Waals surface area contributed by atoms with E-state index in [1.165, 1.54) is 32.1 Å². The predicted molar refractivity (Wildman–Crippen MR) is 55.2 cm³/mol. The summed E-state index contributed by atoms with van der Waals surface area (Å²) in [5.74, 6) is 1.85. The largest absolute Gasteiger partial charge is 0.0850 e. The van der Waals surface area contributed by atoms with Gasteiger partial charge in [0.05, 0.1) is 0 Å². The van der Waals surface area contributed by atoms with E-state index in [-0.39, 0.29) is 0 Å². The highest BCUT2D eigenvalue weighted by molar-refractivity contribution is 5.10. The van der Waals surface area contributed by atoms with Crippen molar-refractivity contribution in [1.82, 2.24) is 0 Å². The molecule has 12 heavy (non-hydrogen) atoms. The van der Waals surface area contributed by atoms with E-state index in [0.717, 1.165) is 11.8 Å². The molecule has 0 saturated heterocycles. The third-order valence-corrected chi connectivity index (χ3v) is 3.20. The second-order valence-electron chi connectivity index (χ2n) is 4.08. The monoisotopic (exact) mass is 166 g/mol. The van der Waals surface area contributed by atoms with Crippen molar-refractivity contribution in [2.75, 3.05) is 0 Å². The molecule has 0 amide bonds. The van der Waals surface area contributed by atoms with Gasteiger partial charge >= 0.3 is 0 Å². The molecule has 1 aliphatic carbocycles. The molecule has 0 aromatic heterocycles. The average molecular weight is 166 g/mol. The first-order valence-electron chi connectivity index (χ1n) is 5.48. The predicted octanol–water partition coefficient (Wildman–Crippen LogP) is 4.17. The molecule has 2 atom stereocenters. The lowest BCUT2D eigenvalue weighted by molar-refractivity contribution is 0.338. The second kappa shape index (κ2) is 4.69. The number of hydrogen-bond donors (Lipinski definition) is 0. The van der Waals surface area contributed by atoms with Gasteiger partial charge in [-0.05, 0) is 37.5 Å². The van der Waals surface area contributed by atoms with Crippen molar-refractivity contribution in [2.45, 2.75) is 52.9 Å². The molecular formula is C12H22. The minimum absolute atomic E-state index is 0.911. The lowest BCUT2D eigenvalue weighted by Crippen LogP contribution is -2.17. The van der Waals surface area contributed by atoms with Crippen molar-refractivity contribution in [3.63, 3.8) is 0 Å². The molecule has 0 bridgehead atoms. The Morgan fingerprint density at radius 1 is 1.42 bits per heavy atom. The van der Waals surface area contributed by atoms with Crippen molar-refractivity contribution in [3.05, 3.63) is 11.6 Å². The quantitative estimate of drug-likeness (QED) is 0.552. The van der Waals surface area contributed by atoms with E-state index in [1.54, 1.807) is 5.57 Å². The second-order valence-corrected chi connectivity index (χ2v) is 4.08. The molecular weight excluding hydrogens is 144 g/mol. The van der Waals surface area contributed by atoms with Gasteiger partial charge in [-0.15, -0.1) is 0 Å². The van der Waals surface area contributed by atoms with E-state index < -0.39 is 0 Å². The molecule has 1 rings (SSSR count). The minimum atomic E-state index is 0.911. The van der Waals surface area contributed by atoms with Crippen LogP contribution in [0.25, 0.3) is 0 Å². The van der Waals surface area contributed by atoms with Crippen LogP contribution in [0.15, 0.2) is 11.6 Å². The Labute approximate surface area is 77.1 Å². The molecule has 0 heteroatoms. The number of hydrogen-bond acceptors (Lipinski definition) is 0. The molecule has 0 radical (unpaired) electrons. The Balaban J connectivity index is 2.61. The molecule has 0 heterocycles. The standard InChI is InChI=1S/C12H22/c1-4-7-12-10(3)8-6-9-11(12)5-2/h9-10,12H,4-8H2,1-3H3. The van der Waals surface area contributed by atoms with Crippen molar-refractivity contribution >= 4 is 0 Å². The highest BCUT2D eigenvalue weighted by Crippen LogP contribution is 2.34. The lowest BCUT2D eigenvalue weighted by atomic mass is 9.76. The normalized spacial score (nSPS) is 30.1. The highest BCUT2D eigenvalue weighted by Gasteiger charge is 2.22. The summed E-state index contributed by atoms with van der Waals surface area (Å²) in [5, 5.41) is 0. The first kappa shape index (κ1) is 9.83. The van der Waals surface area contributed by atoms with Crippen molar-refractivity contribution < 1.29 is 0 Å². The van der Waals surface area contributed by atoms with Gasteiger partial charge in [-0.1, -0.05) is 38.8 Å². The maximum absolute atomic E-state index is 2.49. The van der Waals surface area contributed by atoms with Crippen LogP contribution >= 0.6 is 0 Å². The fourth-order valence-electron chi connectivity index (χ4n) is 2.44. The topological polar surface area (TPSA) is 0 Å². The molecule has 0 N–H and O–H groups in total. The molecule has 70 valence electrons. The van der Waals surface area contributed by atoms with Crippen LogP contribution in [0.1, 0.15) is 52.9 Å². The van der Waals surface area contributed by atoms with E-state index in [1.807, 2.05) is 0 Å². The fraction of sp³-hybridized carbons (Fsp3) is 0.833. The molecule has 0 aromatic carbocycles. The molecule has 0 fully saturated rings. The third kappa shape index (κ3) is 2.12. The van der Waals surface area contributed by atoms with Crippen LogP contribution in [0.2, 0.25) is 0 Å². The zero-order chi connectivity index (χ0) is 8.97. The number of rotatable bonds is 3. The van der Waals surface area contributed by atoms with Gasteiger partial charge in [0.2, 0.25) is 0 Å². The summed E-state index contributed by atoms with van der Waals surface area (Å²) < 4.78 is 0. The summed E-state index contributed by atoms with van der Waals surface area (Å²) in [6.45, 7) is 7.02. The molecule has 1 aliphatic rings. The lowest BCUT2D eigenvalue weighted by Gasteiger charge is -2.29. The maximum Gasteiger partial charge on any atom is -0.0178 e. The van der Waals surface area contributed by atoms with Crippen LogP contribution in [-0.4, -0.2) is 0 Å².